The minimum absolute atomic E-state index is 0.0991. The number of phenols is 1. The maximum absolute atomic E-state index is 15.3. The van der Waals surface area contributed by atoms with Crippen molar-refractivity contribution >= 4 is 47.0 Å². The number of methoxy groups -OCH3 is 2. The largest absolute Gasteiger partial charge is 0.502 e. The molecule has 6 atom stereocenters. The summed E-state index contributed by atoms with van der Waals surface area (Å²) in [7, 11) is 2.91. The lowest BCUT2D eigenvalue weighted by molar-refractivity contribution is -0.144. The van der Waals surface area contributed by atoms with E-state index in [-0.39, 0.29) is 53.3 Å². The predicted octanol–water partition coefficient (Wildman–Crippen LogP) is 7.10. The van der Waals surface area contributed by atoms with Gasteiger partial charge in [-0.1, -0.05) is 91.1 Å². The number of rotatable bonds is 7. The van der Waals surface area contributed by atoms with Gasteiger partial charge in [-0.15, -0.1) is 0 Å². The first-order valence-corrected chi connectivity index (χ1v) is 18.5. The number of aromatic hydroxyl groups is 1. The highest BCUT2D eigenvalue weighted by atomic mass is 35.5. The average molecular weight is 721 g/mol. The van der Waals surface area contributed by atoms with E-state index in [0.29, 0.717) is 28.3 Å². The molecular formula is C42H41ClN2O7. The standard InChI is InChI=1S/C42H41ClN2O7/c1-51-34-20-24(21-35(52-2)37(34)46)16-19-32-29-17-18-30-36(40(49)44(38(30)47)27-13-7-4-8-14-27)31(29)23-33-39(48)45(28-15-9-12-26(43)22-28)41(50)42(32,33)25-10-5-3-6-11-25/h3,5-6,9-12,15-17,19-22,27,30-33,36,46H,4,7-8,13-14,18,23H2,1-2H3/t30-,31+,32-,33-,36-,42-/m0/s1. The van der Waals surface area contributed by atoms with Crippen LogP contribution in [0.5, 0.6) is 17.2 Å². The van der Waals surface area contributed by atoms with Gasteiger partial charge in [-0.3, -0.25) is 24.1 Å². The third kappa shape index (κ3) is 5.11. The summed E-state index contributed by atoms with van der Waals surface area (Å²) in [4.78, 5) is 61.6. The van der Waals surface area contributed by atoms with Crippen LogP contribution in [0.1, 0.15) is 56.1 Å². The normalized spacial score (nSPS) is 28.9. The summed E-state index contributed by atoms with van der Waals surface area (Å²) in [5, 5.41) is 11.0. The molecule has 2 heterocycles. The van der Waals surface area contributed by atoms with Crippen molar-refractivity contribution < 1.29 is 33.8 Å². The van der Waals surface area contributed by atoms with Crippen molar-refractivity contribution in [3.8, 4) is 17.2 Å². The summed E-state index contributed by atoms with van der Waals surface area (Å²) in [6, 6.07) is 19.4. The Hall–Kier alpha value is -4.89. The molecule has 0 bridgehead atoms. The monoisotopic (exact) mass is 720 g/mol. The van der Waals surface area contributed by atoms with Gasteiger partial charge in [-0.25, -0.2) is 4.90 Å². The quantitative estimate of drug-likeness (QED) is 0.205. The topological polar surface area (TPSA) is 113 Å². The Morgan fingerprint density at radius 2 is 1.56 bits per heavy atom. The van der Waals surface area contributed by atoms with Crippen LogP contribution in [0.4, 0.5) is 5.69 Å². The van der Waals surface area contributed by atoms with Crippen molar-refractivity contribution in [3.63, 3.8) is 0 Å². The molecule has 10 heteroatoms. The highest BCUT2D eigenvalue weighted by Crippen LogP contribution is 2.62. The maximum Gasteiger partial charge on any atom is 0.246 e. The smallest absolute Gasteiger partial charge is 0.246 e. The van der Waals surface area contributed by atoms with Crippen molar-refractivity contribution in [1.82, 2.24) is 4.90 Å². The first kappa shape index (κ1) is 34.2. The third-order valence-corrected chi connectivity index (χ3v) is 12.4. The summed E-state index contributed by atoms with van der Waals surface area (Å²) in [5.74, 6) is -3.75. The Morgan fingerprint density at radius 1 is 0.846 bits per heavy atom. The summed E-state index contributed by atoms with van der Waals surface area (Å²) in [5.41, 5.74) is 1.23. The van der Waals surface area contributed by atoms with Crippen LogP contribution in [-0.4, -0.2) is 53.9 Å². The molecule has 0 unspecified atom stereocenters. The van der Waals surface area contributed by atoms with Crippen LogP contribution in [-0.2, 0) is 24.6 Å². The number of phenolic OH excluding ortho intramolecular Hbond substituents is 1. The van der Waals surface area contributed by atoms with Crippen LogP contribution in [0, 0.1) is 29.6 Å². The molecular weight excluding hydrogens is 680 g/mol. The van der Waals surface area contributed by atoms with Crippen LogP contribution in [0.3, 0.4) is 0 Å². The van der Waals surface area contributed by atoms with Gasteiger partial charge in [0, 0.05) is 17.0 Å². The van der Waals surface area contributed by atoms with Crippen molar-refractivity contribution in [2.24, 2.45) is 29.6 Å². The molecule has 4 fully saturated rings. The van der Waals surface area contributed by atoms with Gasteiger partial charge in [0.15, 0.2) is 11.5 Å². The van der Waals surface area contributed by atoms with Gasteiger partial charge in [0.1, 0.15) is 0 Å². The molecule has 3 aliphatic carbocycles. The molecule has 2 saturated carbocycles. The minimum Gasteiger partial charge on any atom is -0.502 e. The van der Waals surface area contributed by atoms with Gasteiger partial charge in [0.25, 0.3) is 0 Å². The summed E-state index contributed by atoms with van der Waals surface area (Å²) < 4.78 is 10.9. The Balaban J connectivity index is 1.31. The average Bonchev–Trinajstić information content (AvgIpc) is 3.56. The molecule has 1 N–H and O–H groups in total. The molecule has 3 aromatic carbocycles. The second kappa shape index (κ2) is 13.3. The number of hydrogen-bond donors (Lipinski definition) is 1. The fourth-order valence-electron chi connectivity index (χ4n) is 9.93. The van der Waals surface area contributed by atoms with E-state index in [9.17, 15) is 19.5 Å². The SMILES string of the molecule is COc1cc(C=C[C@H]2C3=CC[C@@H]4C(=O)N(C5CCCCC5)C(=O)[C@@H]4[C@@H]3C[C@H]3C(=O)N(c4cccc(Cl)c4)C(=O)[C@@]23c2ccccc2)cc(OC)c1O. The van der Waals surface area contributed by atoms with E-state index in [2.05, 4.69) is 6.08 Å². The van der Waals surface area contributed by atoms with E-state index >= 15 is 4.79 Å². The Labute approximate surface area is 307 Å². The van der Waals surface area contributed by atoms with Gasteiger partial charge in [0.2, 0.25) is 29.4 Å². The lowest BCUT2D eigenvalue weighted by Gasteiger charge is -2.49. The van der Waals surface area contributed by atoms with Gasteiger partial charge < -0.3 is 14.6 Å². The van der Waals surface area contributed by atoms with Crippen LogP contribution in [0.2, 0.25) is 5.02 Å². The lowest BCUT2D eigenvalue weighted by Crippen LogP contribution is -2.54. The van der Waals surface area contributed by atoms with Gasteiger partial charge in [-0.05, 0) is 73.1 Å². The van der Waals surface area contributed by atoms with Crippen molar-refractivity contribution in [2.75, 3.05) is 19.1 Å². The zero-order valence-corrected chi connectivity index (χ0v) is 29.9. The Kier molecular flexibility index (Phi) is 8.73. The Bertz CT molecular complexity index is 2000. The van der Waals surface area contributed by atoms with E-state index in [1.54, 1.807) is 41.3 Å². The number of ether oxygens (including phenoxy) is 2. The first-order chi connectivity index (χ1) is 25.2. The molecule has 52 heavy (non-hydrogen) atoms. The molecule has 8 rings (SSSR count). The molecule has 268 valence electrons. The maximum atomic E-state index is 15.3. The number of hydrogen-bond acceptors (Lipinski definition) is 7. The number of fused-ring (bicyclic) bond motifs is 4. The van der Waals surface area contributed by atoms with E-state index in [0.717, 1.165) is 37.7 Å². The van der Waals surface area contributed by atoms with Gasteiger partial charge >= 0.3 is 0 Å². The molecule has 0 radical (unpaired) electrons. The number of carbonyl (C=O) groups is 4. The highest BCUT2D eigenvalue weighted by Gasteiger charge is 2.69. The molecule has 5 aliphatic rings. The number of nitrogens with zero attached hydrogens (tertiary/aromatic N) is 2. The number of amides is 4. The molecule has 0 spiro atoms. The summed E-state index contributed by atoms with van der Waals surface area (Å²) >= 11 is 6.42. The number of carbonyl (C=O) groups excluding carboxylic acids is 4. The lowest BCUT2D eigenvalue weighted by atomic mass is 9.50. The van der Waals surface area contributed by atoms with Crippen LogP contribution in [0.15, 0.2) is 84.5 Å². The number of likely N-dealkylation sites (tertiary alicyclic amines) is 1. The number of benzene rings is 3. The molecule has 3 aromatic rings. The molecule has 0 aromatic heterocycles. The fourth-order valence-corrected chi connectivity index (χ4v) is 10.1. The molecule has 2 saturated heterocycles. The summed E-state index contributed by atoms with van der Waals surface area (Å²) in [6.07, 6.45) is 11.2. The second-order valence-electron chi connectivity index (χ2n) is 14.6. The molecule has 2 aliphatic heterocycles. The Morgan fingerprint density at radius 3 is 2.23 bits per heavy atom. The highest BCUT2D eigenvalue weighted by molar-refractivity contribution is 6.32. The van der Waals surface area contributed by atoms with E-state index in [4.69, 9.17) is 21.1 Å². The number of halogens is 1. The van der Waals surface area contributed by atoms with E-state index in [1.807, 2.05) is 42.5 Å². The molecule has 4 amide bonds. The minimum atomic E-state index is -1.37. The first-order valence-electron chi connectivity index (χ1n) is 18.1. The van der Waals surface area contributed by atoms with Gasteiger partial charge in [-0.2, -0.15) is 0 Å². The third-order valence-electron chi connectivity index (χ3n) is 12.2. The van der Waals surface area contributed by atoms with E-state index in [1.165, 1.54) is 19.1 Å². The second-order valence-corrected chi connectivity index (χ2v) is 15.0. The van der Waals surface area contributed by atoms with Crippen molar-refractivity contribution in [2.45, 2.75) is 56.4 Å². The van der Waals surface area contributed by atoms with Gasteiger partial charge in [0.05, 0.1) is 43.1 Å². The van der Waals surface area contributed by atoms with Crippen LogP contribution in [0.25, 0.3) is 6.08 Å². The van der Waals surface area contributed by atoms with Crippen LogP contribution >= 0.6 is 11.6 Å². The van der Waals surface area contributed by atoms with E-state index < -0.39 is 35.0 Å². The number of imide groups is 2. The van der Waals surface area contributed by atoms with Crippen LogP contribution < -0.4 is 14.4 Å². The number of allylic oxidation sites excluding steroid dienone is 3. The zero-order valence-electron chi connectivity index (χ0n) is 29.2. The van der Waals surface area contributed by atoms with Crippen molar-refractivity contribution in [3.05, 3.63) is 101 Å². The predicted molar refractivity (Wildman–Crippen MR) is 196 cm³/mol. The number of anilines is 1. The zero-order chi connectivity index (χ0) is 36.3. The molecule has 9 nitrogen and oxygen atoms in total. The fraction of sp³-hybridized carbons (Fsp3) is 0.381. The van der Waals surface area contributed by atoms with Crippen molar-refractivity contribution in [1.29, 1.82) is 0 Å². The summed E-state index contributed by atoms with van der Waals surface area (Å²) in [6.45, 7) is 0.